The summed E-state index contributed by atoms with van der Waals surface area (Å²) in [7, 11) is 1.13. The van der Waals surface area contributed by atoms with E-state index >= 15 is 4.79 Å². The molecule has 13 N–H and O–H groups in total. The van der Waals surface area contributed by atoms with Crippen molar-refractivity contribution >= 4 is 17.9 Å². The van der Waals surface area contributed by atoms with E-state index in [1.54, 1.807) is 12.1 Å². The van der Waals surface area contributed by atoms with E-state index in [9.17, 15) is 76.0 Å². The molecule has 8 fully saturated rings. The molecule has 5 aliphatic carbocycles. The number of aliphatic hydroxyl groups is 13. The molecule has 4 saturated heterocycles. The molecule has 502 valence electrons. The Morgan fingerprint density at radius 3 is 1.85 bits per heavy atom. The zero-order valence-electron chi connectivity index (χ0n) is 51.8. The van der Waals surface area contributed by atoms with Crippen LogP contribution in [-0.2, 0) is 63.4 Å². The molecule has 0 amide bonds. The molecule has 26 heteroatoms. The van der Waals surface area contributed by atoms with Crippen molar-refractivity contribution in [3.63, 3.8) is 0 Å². The number of hydrogen-bond acceptors (Lipinski definition) is 26. The van der Waals surface area contributed by atoms with Crippen LogP contribution >= 0.6 is 0 Å². The Bertz CT molecular complexity index is 2710. The molecule has 4 aliphatic heterocycles. The van der Waals surface area contributed by atoms with E-state index < -0.39 is 194 Å². The minimum Gasteiger partial charge on any atom is -0.467 e. The van der Waals surface area contributed by atoms with Crippen molar-refractivity contribution in [1.82, 2.24) is 0 Å². The average Bonchev–Trinajstić information content (AvgIpc) is 0.680. The first kappa shape index (κ1) is 68.3. The lowest BCUT2D eigenvalue weighted by Crippen LogP contribution is -2.68. The maximum atomic E-state index is 15.7. The van der Waals surface area contributed by atoms with Crippen LogP contribution in [0.25, 0.3) is 0 Å². The Balaban J connectivity index is 0.894. The molecular weight excluding hydrogens is 1170 g/mol. The smallest absolute Gasteiger partial charge is 0.337 e. The SMILES string of the molecule is COC(=O)[C@H]1O[C@@H](O[C@H]2CC[C@]3(C)[C@H]4CC=C5[C@@H]6CC(C)(C)CC[C@]6(C(=O)O[C@@H]6OC[C@H](O)[C@H](O[C@@H]7O[C@H](CO)[C@@H](O)[C@H](O)[C@H]7O)[C@H]6OC(=O)CCc6ccc(O[C@@H]7O[C@H](CO)[C@@H](O)[C@H](O)[C@H]7O)cc6)[C@H](O)C[C@@]5(C)[C@]4(C)CC[C@H]3C2(C)C)[C@H](O)[C@@H](O)[C@@H]1O. The van der Waals surface area contributed by atoms with Crippen molar-refractivity contribution in [3.8, 4) is 5.75 Å². The number of allylic oxidation sites excluding steroid dienone is 2. The van der Waals surface area contributed by atoms with Gasteiger partial charge in [0.25, 0.3) is 0 Å². The first-order valence-corrected chi connectivity index (χ1v) is 31.4. The van der Waals surface area contributed by atoms with Crippen LogP contribution in [-0.4, -0.2) is 240 Å². The maximum absolute atomic E-state index is 15.7. The van der Waals surface area contributed by atoms with Gasteiger partial charge in [0.1, 0.15) is 90.5 Å². The molecule has 0 bridgehead atoms. The summed E-state index contributed by atoms with van der Waals surface area (Å²) < 4.78 is 58.7. The Hall–Kier alpha value is -3.59. The van der Waals surface area contributed by atoms with Gasteiger partial charge in [0.05, 0.1) is 39.1 Å². The second kappa shape index (κ2) is 25.6. The molecule has 1 aromatic carbocycles. The summed E-state index contributed by atoms with van der Waals surface area (Å²) in [6.45, 7) is 13.3. The maximum Gasteiger partial charge on any atom is 0.337 e. The highest BCUT2D eigenvalue weighted by atomic mass is 16.8. The number of carbonyl (C=O) groups excluding carboxylic acids is 3. The number of ether oxygens (including phenoxy) is 10. The molecule has 4 heterocycles. The summed E-state index contributed by atoms with van der Waals surface area (Å²) >= 11 is 0. The minimum atomic E-state index is -1.95. The topological polar surface area (TPSA) is 407 Å². The number of aliphatic hydroxyl groups excluding tert-OH is 13. The molecule has 26 nitrogen and oxygen atoms in total. The van der Waals surface area contributed by atoms with Crippen molar-refractivity contribution in [2.45, 2.75) is 248 Å². The van der Waals surface area contributed by atoms with Gasteiger partial charge < -0.3 is 114 Å². The van der Waals surface area contributed by atoms with Gasteiger partial charge in [-0.3, -0.25) is 9.59 Å². The van der Waals surface area contributed by atoms with Gasteiger partial charge in [-0.15, -0.1) is 0 Å². The van der Waals surface area contributed by atoms with Gasteiger partial charge in [-0.05, 0) is 127 Å². The fourth-order valence-electron chi connectivity index (χ4n) is 17.6. The van der Waals surface area contributed by atoms with Crippen LogP contribution in [0.1, 0.15) is 118 Å². The normalized spacial score (nSPS) is 47.6. The lowest BCUT2D eigenvalue weighted by Gasteiger charge is -2.71. The first-order chi connectivity index (χ1) is 41.8. The van der Waals surface area contributed by atoms with E-state index in [1.165, 1.54) is 12.1 Å². The van der Waals surface area contributed by atoms with Crippen molar-refractivity contribution in [1.29, 1.82) is 0 Å². The van der Waals surface area contributed by atoms with Crippen molar-refractivity contribution in [2.75, 3.05) is 26.9 Å². The van der Waals surface area contributed by atoms with Gasteiger partial charge in [-0.2, -0.15) is 0 Å². The second-order valence-corrected chi connectivity index (χ2v) is 28.8. The quantitative estimate of drug-likeness (QED) is 0.0447. The molecule has 4 saturated carbocycles. The molecule has 1 aromatic rings. The van der Waals surface area contributed by atoms with Crippen LogP contribution in [0.3, 0.4) is 0 Å². The number of hydrogen-bond donors (Lipinski definition) is 13. The van der Waals surface area contributed by atoms with E-state index in [0.717, 1.165) is 25.5 Å². The Morgan fingerprint density at radius 1 is 0.618 bits per heavy atom. The van der Waals surface area contributed by atoms with Gasteiger partial charge in [0, 0.05) is 6.42 Å². The highest BCUT2D eigenvalue weighted by Gasteiger charge is 2.72. The average molecular weight is 1270 g/mol. The van der Waals surface area contributed by atoms with Gasteiger partial charge in [-0.25, -0.2) is 4.79 Å². The number of methoxy groups -OCH3 is 1. The predicted octanol–water partition coefficient (Wildman–Crippen LogP) is -0.706. The highest BCUT2D eigenvalue weighted by molar-refractivity contribution is 5.80. The van der Waals surface area contributed by atoms with Gasteiger partial charge in [0.15, 0.2) is 24.8 Å². The van der Waals surface area contributed by atoms with Crippen LogP contribution in [0.5, 0.6) is 5.75 Å². The number of aryl methyl sites for hydroxylation is 1. The summed E-state index contributed by atoms with van der Waals surface area (Å²) in [6.07, 6.45) is -26.4. The van der Waals surface area contributed by atoms with Crippen LogP contribution in [0.2, 0.25) is 0 Å². The number of carbonyl (C=O) groups is 3. The second-order valence-electron chi connectivity index (χ2n) is 28.8. The summed E-state index contributed by atoms with van der Waals surface area (Å²) in [4.78, 5) is 42.4. The van der Waals surface area contributed by atoms with Crippen molar-refractivity contribution in [2.24, 2.45) is 50.2 Å². The number of rotatable bonds is 15. The van der Waals surface area contributed by atoms with E-state index in [2.05, 4.69) is 54.5 Å². The summed E-state index contributed by atoms with van der Waals surface area (Å²) in [5.41, 5.74) is -2.10. The van der Waals surface area contributed by atoms with Gasteiger partial charge >= 0.3 is 17.9 Å². The zero-order chi connectivity index (χ0) is 64.8. The van der Waals surface area contributed by atoms with E-state index in [-0.39, 0.29) is 54.1 Å². The van der Waals surface area contributed by atoms with E-state index in [1.807, 2.05) is 0 Å². The predicted molar refractivity (Wildman–Crippen MR) is 304 cm³/mol. The third-order valence-electron chi connectivity index (χ3n) is 23.0. The van der Waals surface area contributed by atoms with Crippen LogP contribution in [0.4, 0.5) is 0 Å². The third-order valence-corrected chi connectivity index (χ3v) is 23.0. The van der Waals surface area contributed by atoms with E-state index in [4.69, 9.17) is 47.4 Å². The van der Waals surface area contributed by atoms with E-state index in [0.29, 0.717) is 37.7 Å². The Labute approximate surface area is 516 Å². The molecule has 10 rings (SSSR count). The molecule has 0 spiro atoms. The molecule has 89 heavy (non-hydrogen) atoms. The summed E-state index contributed by atoms with van der Waals surface area (Å²) in [5, 5.41) is 140. The number of fused-ring (bicyclic) bond motifs is 7. The fourth-order valence-corrected chi connectivity index (χ4v) is 17.6. The minimum absolute atomic E-state index is 0.0457. The number of esters is 3. The first-order valence-electron chi connectivity index (χ1n) is 31.4. The van der Waals surface area contributed by atoms with Gasteiger partial charge in [-0.1, -0.05) is 72.2 Å². The third kappa shape index (κ3) is 11.9. The molecule has 9 aliphatic rings. The largest absolute Gasteiger partial charge is 0.467 e. The Kier molecular flexibility index (Phi) is 19.7. The van der Waals surface area contributed by atoms with Crippen molar-refractivity contribution in [3.05, 3.63) is 41.5 Å². The van der Waals surface area contributed by atoms with Crippen molar-refractivity contribution < 1.29 is 128 Å². The number of benzene rings is 1. The fraction of sp³-hybridized carbons (Fsp3) is 0.825. The molecule has 0 radical (unpaired) electrons. The standard InChI is InChI=1S/C63H94O26/c1-58(2)21-22-63(31(23-58)30-14-15-36-60(5)19-18-38(85-55-48(77)44(73)45(74)50(88-55)52(78)80-8)59(3,4)35(60)17-20-61(36,6)62(30,7)24-37(63)67)57(79)89-56-51(49(32(66)27-81-56)87-54-47(76)43(72)41(70)34(26-65)84-54)86-39(68)16-11-28-9-12-29(13-10-28)82-53-46(75)42(71)40(69)33(25-64)83-53/h9-10,12-14,31-38,40-51,53-56,64-67,69-77H,11,15-27H2,1-8H3/t31-,32-,33+,34+,35-,36+,37+,38-,40+,41+,42-,43-,44-,45-,46+,47+,48+,49-,50-,51+,53+,54-,55+,56-,60-,61+,62+,63+/m0/s1. The summed E-state index contributed by atoms with van der Waals surface area (Å²) in [6, 6.07) is 6.20. The van der Waals surface area contributed by atoms with Crippen LogP contribution < -0.4 is 4.74 Å². The lowest BCUT2D eigenvalue weighted by atomic mass is 9.33. The monoisotopic (exact) mass is 1270 g/mol. The lowest BCUT2D eigenvalue weighted by molar-refractivity contribution is -0.347. The molecule has 0 unspecified atom stereocenters. The van der Waals surface area contributed by atoms with Crippen LogP contribution in [0.15, 0.2) is 35.9 Å². The van der Waals surface area contributed by atoms with Gasteiger partial charge in [0.2, 0.25) is 12.6 Å². The summed E-state index contributed by atoms with van der Waals surface area (Å²) in [5.74, 6) is -2.86. The molecule has 0 aromatic heterocycles. The molecular formula is C63H94O26. The molecule has 28 atom stereocenters. The Morgan fingerprint density at radius 2 is 1.22 bits per heavy atom. The zero-order valence-corrected chi connectivity index (χ0v) is 51.8. The highest BCUT2D eigenvalue weighted by Crippen LogP contribution is 2.76. The van der Waals surface area contributed by atoms with Crippen LogP contribution in [0, 0.1) is 50.2 Å².